The first-order valence-electron chi connectivity index (χ1n) is 10.4. The van der Waals surface area contributed by atoms with Gasteiger partial charge in [0.2, 0.25) is 5.91 Å². The second kappa shape index (κ2) is 9.53. The Morgan fingerprint density at radius 2 is 1.72 bits per heavy atom. The van der Waals surface area contributed by atoms with Gasteiger partial charge in [0.05, 0.1) is 29.0 Å². The van der Waals surface area contributed by atoms with E-state index in [0.29, 0.717) is 5.56 Å². The molecule has 2 aromatic carbocycles. The maximum atomic E-state index is 13.6. The number of hydrogen-bond acceptors (Lipinski definition) is 2. The molecular formula is C24H25ClF3NO3. The fraction of sp³-hybridized carbons (Fsp3) is 0.417. The third kappa shape index (κ3) is 5.82. The minimum Gasteiger partial charge on any atom is -0.481 e. The molecule has 0 bridgehead atoms. The number of rotatable bonds is 8. The van der Waals surface area contributed by atoms with Crippen LogP contribution in [0.15, 0.2) is 42.5 Å². The first-order chi connectivity index (χ1) is 15.0. The van der Waals surface area contributed by atoms with E-state index >= 15 is 0 Å². The molecule has 8 heteroatoms. The topological polar surface area (TPSA) is 66.4 Å². The Balaban J connectivity index is 1.91. The Morgan fingerprint density at radius 3 is 2.25 bits per heavy atom. The number of aryl methyl sites for hydroxylation is 1. The Hall–Kier alpha value is -2.54. The first kappa shape index (κ1) is 24.1. The van der Waals surface area contributed by atoms with Crippen LogP contribution in [0.5, 0.6) is 0 Å². The number of nitrogens with one attached hydrogen (secondary N) is 1. The molecule has 0 unspecified atom stereocenters. The van der Waals surface area contributed by atoms with Crippen molar-refractivity contribution in [1.29, 1.82) is 0 Å². The van der Waals surface area contributed by atoms with Crippen LogP contribution < -0.4 is 5.32 Å². The van der Waals surface area contributed by atoms with Crippen LogP contribution in [0, 0.1) is 18.8 Å². The summed E-state index contributed by atoms with van der Waals surface area (Å²) in [4.78, 5) is 24.4. The second-order valence-corrected chi connectivity index (χ2v) is 8.90. The van der Waals surface area contributed by atoms with E-state index in [9.17, 15) is 27.9 Å². The summed E-state index contributed by atoms with van der Waals surface area (Å²) in [5.41, 5.74) is 2.00. The lowest BCUT2D eigenvalue weighted by molar-refractivity contribution is -0.178. The normalized spacial score (nSPS) is 16.8. The maximum absolute atomic E-state index is 13.6. The average Bonchev–Trinajstić information content (AvgIpc) is 3.54. The zero-order chi connectivity index (χ0) is 23.6. The van der Waals surface area contributed by atoms with Crippen LogP contribution >= 0.6 is 11.6 Å². The highest BCUT2D eigenvalue weighted by Gasteiger charge is 2.45. The van der Waals surface area contributed by atoms with E-state index < -0.39 is 29.9 Å². The predicted octanol–water partition coefficient (Wildman–Crippen LogP) is 6.54. The quantitative estimate of drug-likeness (QED) is 0.463. The number of benzene rings is 2. The number of carbonyl (C=O) groups is 2. The van der Waals surface area contributed by atoms with Crippen molar-refractivity contribution in [3.63, 3.8) is 0 Å². The molecule has 1 amide bonds. The molecule has 32 heavy (non-hydrogen) atoms. The molecule has 4 nitrogen and oxygen atoms in total. The van der Waals surface area contributed by atoms with Crippen LogP contribution in [0.2, 0.25) is 5.02 Å². The largest absolute Gasteiger partial charge is 0.481 e. The summed E-state index contributed by atoms with van der Waals surface area (Å²) >= 11 is 6.23. The van der Waals surface area contributed by atoms with E-state index in [1.165, 1.54) is 18.2 Å². The first-order valence-corrected chi connectivity index (χ1v) is 10.8. The summed E-state index contributed by atoms with van der Waals surface area (Å²) in [6.07, 6.45) is -2.80. The fourth-order valence-corrected chi connectivity index (χ4v) is 4.12. The number of carbonyl (C=O) groups excluding carboxylic acids is 1. The van der Waals surface area contributed by atoms with Crippen molar-refractivity contribution in [3.8, 4) is 0 Å². The van der Waals surface area contributed by atoms with E-state index in [1.807, 2.05) is 6.92 Å². The zero-order valence-electron chi connectivity index (χ0n) is 17.7. The average molecular weight is 468 g/mol. The van der Waals surface area contributed by atoms with Crippen molar-refractivity contribution in [2.24, 2.45) is 11.8 Å². The van der Waals surface area contributed by atoms with Gasteiger partial charge in [-0.1, -0.05) is 54.4 Å². The molecular weight excluding hydrogens is 443 g/mol. The molecule has 0 heterocycles. The number of halogens is 4. The van der Waals surface area contributed by atoms with Crippen molar-refractivity contribution in [2.45, 2.75) is 51.1 Å². The number of amides is 1. The van der Waals surface area contributed by atoms with Crippen molar-refractivity contribution in [3.05, 3.63) is 64.2 Å². The van der Waals surface area contributed by atoms with Crippen molar-refractivity contribution < 1.29 is 27.9 Å². The van der Waals surface area contributed by atoms with Crippen LogP contribution in [-0.2, 0) is 9.59 Å². The van der Waals surface area contributed by atoms with Gasteiger partial charge < -0.3 is 10.4 Å². The molecule has 2 aromatic rings. The van der Waals surface area contributed by atoms with E-state index in [4.69, 9.17) is 11.6 Å². The lowest BCUT2D eigenvalue weighted by atomic mass is 9.85. The number of anilines is 1. The van der Waals surface area contributed by atoms with Gasteiger partial charge in [-0.2, -0.15) is 13.2 Å². The van der Waals surface area contributed by atoms with Crippen molar-refractivity contribution in [2.75, 3.05) is 5.32 Å². The van der Waals surface area contributed by atoms with Crippen LogP contribution in [0.25, 0.3) is 0 Å². The Labute approximate surface area is 189 Å². The van der Waals surface area contributed by atoms with Crippen molar-refractivity contribution in [1.82, 2.24) is 0 Å². The van der Waals surface area contributed by atoms with Gasteiger partial charge in [0, 0.05) is 0 Å². The van der Waals surface area contributed by atoms with Gasteiger partial charge >= 0.3 is 12.1 Å². The van der Waals surface area contributed by atoms with Gasteiger partial charge in [-0.25, -0.2) is 0 Å². The van der Waals surface area contributed by atoms with Gasteiger partial charge in [0.15, 0.2) is 0 Å². The lowest BCUT2D eigenvalue weighted by Crippen LogP contribution is -2.34. The molecule has 0 radical (unpaired) electrons. The summed E-state index contributed by atoms with van der Waals surface area (Å²) in [7, 11) is 0. The second-order valence-electron chi connectivity index (χ2n) is 8.49. The highest BCUT2D eigenvalue weighted by atomic mass is 35.5. The molecule has 1 saturated carbocycles. The molecule has 0 aliphatic heterocycles. The van der Waals surface area contributed by atoms with Crippen LogP contribution in [0.3, 0.4) is 0 Å². The summed E-state index contributed by atoms with van der Waals surface area (Å²) in [5, 5.41) is 12.0. The van der Waals surface area contributed by atoms with Gasteiger partial charge in [-0.3, -0.25) is 9.59 Å². The fourth-order valence-electron chi connectivity index (χ4n) is 3.95. The van der Waals surface area contributed by atoms with Crippen LogP contribution in [-0.4, -0.2) is 23.2 Å². The Morgan fingerprint density at radius 1 is 1.12 bits per heavy atom. The molecule has 172 valence electrons. The standard InChI is InChI=1S/C24H25ClF3NO3/c1-13-3-5-16(6-4-13)22(14(2)24(26,27)28)23(32)29-20-11-17(9-10-19(20)25)18(12-21(30)31)15-7-8-15/h3-6,9-11,14-15,18,22H,7-8,12H2,1-2H3,(H,29,32)(H,30,31)/t14-,18+,22-/m1/s1. The van der Waals surface area contributed by atoms with Gasteiger partial charge in [-0.05, 0) is 54.9 Å². The Kier molecular flexibility index (Phi) is 7.18. The summed E-state index contributed by atoms with van der Waals surface area (Å²) < 4.78 is 40.7. The number of hydrogen-bond donors (Lipinski definition) is 2. The van der Waals surface area contributed by atoms with Gasteiger partial charge in [0.1, 0.15) is 0 Å². The molecule has 3 rings (SSSR count). The minimum absolute atomic E-state index is 0.0587. The van der Waals surface area contributed by atoms with Crippen molar-refractivity contribution >= 4 is 29.2 Å². The summed E-state index contributed by atoms with van der Waals surface area (Å²) in [6.45, 7) is 2.79. The zero-order valence-corrected chi connectivity index (χ0v) is 18.5. The summed E-state index contributed by atoms with van der Waals surface area (Å²) in [5.74, 6) is -5.13. The third-order valence-corrected chi connectivity index (χ3v) is 6.33. The van der Waals surface area contributed by atoms with E-state index in [-0.39, 0.29) is 34.5 Å². The number of alkyl halides is 3. The predicted molar refractivity (Wildman–Crippen MR) is 117 cm³/mol. The number of carboxylic acids is 1. The molecule has 0 saturated heterocycles. The highest BCUT2D eigenvalue weighted by Crippen LogP contribution is 2.46. The molecule has 0 aromatic heterocycles. The number of carboxylic acid groups (broad SMARTS) is 1. The molecule has 2 N–H and O–H groups in total. The molecule has 1 fully saturated rings. The molecule has 3 atom stereocenters. The smallest absolute Gasteiger partial charge is 0.392 e. The summed E-state index contributed by atoms with van der Waals surface area (Å²) in [6, 6.07) is 11.2. The lowest BCUT2D eigenvalue weighted by Gasteiger charge is -2.26. The molecule has 0 spiro atoms. The molecule has 1 aliphatic carbocycles. The maximum Gasteiger partial charge on any atom is 0.392 e. The monoisotopic (exact) mass is 467 g/mol. The third-order valence-electron chi connectivity index (χ3n) is 6.00. The van der Waals surface area contributed by atoms with E-state index in [0.717, 1.165) is 25.3 Å². The Bertz CT molecular complexity index is 987. The van der Waals surface area contributed by atoms with Crippen LogP contribution in [0.1, 0.15) is 54.7 Å². The van der Waals surface area contributed by atoms with E-state index in [2.05, 4.69) is 5.32 Å². The number of aliphatic carboxylic acids is 1. The molecule has 1 aliphatic rings. The SMILES string of the molecule is Cc1ccc([C@H](C(=O)Nc2cc([C@@H](CC(=O)O)C3CC3)ccc2Cl)[C@@H](C)C(F)(F)F)cc1. The highest BCUT2D eigenvalue weighted by molar-refractivity contribution is 6.33. The minimum atomic E-state index is -4.57. The van der Waals surface area contributed by atoms with Gasteiger partial charge in [0.25, 0.3) is 0 Å². The van der Waals surface area contributed by atoms with E-state index in [1.54, 1.807) is 24.3 Å². The van der Waals surface area contributed by atoms with Crippen LogP contribution in [0.4, 0.5) is 18.9 Å². The van der Waals surface area contributed by atoms with Gasteiger partial charge in [-0.15, -0.1) is 0 Å².